The Labute approximate surface area is 55.2 Å². The van der Waals surface area contributed by atoms with Crippen LogP contribution in [0.3, 0.4) is 0 Å². The van der Waals surface area contributed by atoms with E-state index in [1.54, 1.807) is 0 Å². The van der Waals surface area contributed by atoms with Crippen molar-refractivity contribution in [2.45, 2.75) is 20.3 Å². The van der Waals surface area contributed by atoms with Crippen molar-refractivity contribution < 1.29 is 9.50 Å². The van der Waals surface area contributed by atoms with Crippen LogP contribution in [0, 0.1) is 5.92 Å². The molecule has 0 aliphatic heterocycles. The van der Waals surface area contributed by atoms with E-state index >= 15 is 0 Å². The Bertz CT molecular complexity index is 97.1. The van der Waals surface area contributed by atoms with E-state index in [4.69, 9.17) is 5.11 Å². The van der Waals surface area contributed by atoms with Crippen LogP contribution in [0.2, 0.25) is 0 Å². The minimum absolute atomic E-state index is 0.427. The van der Waals surface area contributed by atoms with Gasteiger partial charge in [-0.15, -0.1) is 0 Å². The number of rotatable bonds is 3. The molecule has 2 heteroatoms. The SMILES string of the molecule is CC(C)C/C=C(/F)CO. The molecule has 0 aliphatic carbocycles. The number of halogens is 1. The summed E-state index contributed by atoms with van der Waals surface area (Å²) in [5, 5.41) is 8.20. The minimum Gasteiger partial charge on any atom is -0.389 e. The van der Waals surface area contributed by atoms with Crippen LogP contribution < -0.4 is 0 Å². The third-order valence-electron chi connectivity index (χ3n) is 0.962. The van der Waals surface area contributed by atoms with Gasteiger partial charge in [0.1, 0.15) is 5.83 Å². The molecule has 0 radical (unpaired) electrons. The molecule has 0 amide bonds. The summed E-state index contributed by atoms with van der Waals surface area (Å²) in [7, 11) is 0. The lowest BCUT2D eigenvalue weighted by atomic mass is 10.1. The van der Waals surface area contributed by atoms with E-state index in [1.807, 2.05) is 13.8 Å². The van der Waals surface area contributed by atoms with Gasteiger partial charge in [0.15, 0.2) is 0 Å². The first-order chi connectivity index (χ1) is 4.16. The van der Waals surface area contributed by atoms with Gasteiger partial charge in [0.2, 0.25) is 0 Å². The van der Waals surface area contributed by atoms with Gasteiger partial charge in [-0.3, -0.25) is 0 Å². The molecule has 0 unspecified atom stereocenters. The van der Waals surface area contributed by atoms with Gasteiger partial charge in [-0.25, -0.2) is 4.39 Å². The normalized spacial score (nSPS) is 12.8. The maximum Gasteiger partial charge on any atom is 0.121 e. The molecule has 0 fully saturated rings. The van der Waals surface area contributed by atoms with Gasteiger partial charge in [0.05, 0.1) is 6.61 Å². The van der Waals surface area contributed by atoms with Crippen molar-refractivity contribution in [1.29, 1.82) is 0 Å². The van der Waals surface area contributed by atoms with E-state index < -0.39 is 12.4 Å². The lowest BCUT2D eigenvalue weighted by Gasteiger charge is -1.96. The van der Waals surface area contributed by atoms with Gasteiger partial charge in [-0.2, -0.15) is 0 Å². The van der Waals surface area contributed by atoms with Crippen LogP contribution in [0.15, 0.2) is 11.9 Å². The van der Waals surface area contributed by atoms with E-state index in [0.717, 1.165) is 0 Å². The Morgan fingerprint density at radius 2 is 2.22 bits per heavy atom. The highest BCUT2D eigenvalue weighted by Gasteiger charge is 1.92. The van der Waals surface area contributed by atoms with Crippen molar-refractivity contribution in [2.24, 2.45) is 5.92 Å². The van der Waals surface area contributed by atoms with E-state index in [1.165, 1.54) is 6.08 Å². The zero-order chi connectivity index (χ0) is 7.28. The smallest absolute Gasteiger partial charge is 0.121 e. The van der Waals surface area contributed by atoms with E-state index in [9.17, 15) is 4.39 Å². The van der Waals surface area contributed by atoms with Crippen LogP contribution >= 0.6 is 0 Å². The number of aliphatic hydroxyl groups excluding tert-OH is 1. The average molecular weight is 132 g/mol. The fourth-order valence-corrected chi connectivity index (χ4v) is 0.428. The van der Waals surface area contributed by atoms with Gasteiger partial charge in [-0.1, -0.05) is 19.9 Å². The largest absolute Gasteiger partial charge is 0.389 e. The minimum atomic E-state index is -0.466. The molecule has 0 aromatic rings. The van der Waals surface area contributed by atoms with Gasteiger partial charge >= 0.3 is 0 Å². The molecular weight excluding hydrogens is 119 g/mol. The molecule has 0 aliphatic rings. The number of hydrogen-bond acceptors (Lipinski definition) is 1. The van der Waals surface area contributed by atoms with E-state index in [2.05, 4.69) is 0 Å². The first kappa shape index (κ1) is 8.63. The summed E-state index contributed by atoms with van der Waals surface area (Å²) in [6, 6.07) is 0. The van der Waals surface area contributed by atoms with Crippen molar-refractivity contribution in [3.05, 3.63) is 11.9 Å². The van der Waals surface area contributed by atoms with Crippen molar-refractivity contribution in [3.8, 4) is 0 Å². The number of allylic oxidation sites excluding steroid dienone is 1. The number of hydrogen-bond donors (Lipinski definition) is 1. The molecule has 9 heavy (non-hydrogen) atoms. The molecule has 1 N–H and O–H groups in total. The fourth-order valence-electron chi connectivity index (χ4n) is 0.428. The maximum absolute atomic E-state index is 12.1. The van der Waals surface area contributed by atoms with Gasteiger partial charge in [0.25, 0.3) is 0 Å². The van der Waals surface area contributed by atoms with Crippen LogP contribution in [-0.2, 0) is 0 Å². The Morgan fingerprint density at radius 1 is 1.67 bits per heavy atom. The van der Waals surface area contributed by atoms with Crippen molar-refractivity contribution >= 4 is 0 Å². The zero-order valence-electron chi connectivity index (χ0n) is 5.89. The molecule has 54 valence electrons. The summed E-state index contributed by atoms with van der Waals surface area (Å²) in [4.78, 5) is 0. The first-order valence-electron chi connectivity index (χ1n) is 3.12. The molecule has 0 heterocycles. The summed E-state index contributed by atoms with van der Waals surface area (Å²) in [6.07, 6.45) is 2.12. The van der Waals surface area contributed by atoms with Crippen molar-refractivity contribution in [1.82, 2.24) is 0 Å². The standard InChI is InChI=1S/C7H13FO/c1-6(2)3-4-7(8)5-9/h4,6,9H,3,5H2,1-2H3/b7-4+. The third kappa shape index (κ3) is 5.50. The Morgan fingerprint density at radius 3 is 2.56 bits per heavy atom. The van der Waals surface area contributed by atoms with Gasteiger partial charge < -0.3 is 5.11 Å². The maximum atomic E-state index is 12.1. The van der Waals surface area contributed by atoms with Crippen molar-refractivity contribution in [3.63, 3.8) is 0 Å². The summed E-state index contributed by atoms with van der Waals surface area (Å²) < 4.78 is 12.1. The highest BCUT2D eigenvalue weighted by Crippen LogP contribution is 2.04. The Balaban J connectivity index is 3.43. The first-order valence-corrected chi connectivity index (χ1v) is 3.12. The molecule has 0 spiro atoms. The molecule has 0 atom stereocenters. The quantitative estimate of drug-likeness (QED) is 0.621. The molecule has 0 aromatic heterocycles. The van der Waals surface area contributed by atoms with Crippen LogP contribution in [-0.4, -0.2) is 11.7 Å². The fraction of sp³-hybridized carbons (Fsp3) is 0.714. The molecule has 0 bridgehead atoms. The van der Waals surface area contributed by atoms with Crippen LogP contribution in [0.4, 0.5) is 4.39 Å². The average Bonchev–Trinajstić information content (AvgIpc) is 1.83. The second-order valence-electron chi connectivity index (χ2n) is 2.44. The molecule has 0 saturated heterocycles. The molecule has 0 rings (SSSR count). The molecule has 0 aromatic carbocycles. The molecule has 1 nitrogen and oxygen atoms in total. The third-order valence-corrected chi connectivity index (χ3v) is 0.962. The second kappa shape index (κ2) is 4.50. The predicted octanol–water partition coefficient (Wildman–Crippen LogP) is 1.88. The van der Waals surface area contributed by atoms with Crippen molar-refractivity contribution in [2.75, 3.05) is 6.61 Å². The van der Waals surface area contributed by atoms with Gasteiger partial charge in [-0.05, 0) is 12.3 Å². The zero-order valence-corrected chi connectivity index (χ0v) is 5.89. The lowest BCUT2D eigenvalue weighted by Crippen LogP contribution is -1.86. The Hall–Kier alpha value is -0.370. The monoisotopic (exact) mass is 132 g/mol. The molecule has 0 saturated carbocycles. The highest BCUT2D eigenvalue weighted by atomic mass is 19.1. The number of aliphatic hydroxyl groups is 1. The van der Waals surface area contributed by atoms with E-state index in [0.29, 0.717) is 12.3 Å². The summed E-state index contributed by atoms with van der Waals surface area (Å²) in [6.45, 7) is 3.54. The van der Waals surface area contributed by atoms with Crippen LogP contribution in [0.1, 0.15) is 20.3 Å². The van der Waals surface area contributed by atoms with E-state index in [-0.39, 0.29) is 0 Å². The summed E-state index contributed by atoms with van der Waals surface area (Å²) >= 11 is 0. The summed E-state index contributed by atoms with van der Waals surface area (Å²) in [5.41, 5.74) is 0. The summed E-state index contributed by atoms with van der Waals surface area (Å²) in [5.74, 6) is 0.0333. The van der Waals surface area contributed by atoms with Crippen LogP contribution in [0.5, 0.6) is 0 Å². The topological polar surface area (TPSA) is 20.2 Å². The van der Waals surface area contributed by atoms with Crippen LogP contribution in [0.25, 0.3) is 0 Å². The Kier molecular flexibility index (Phi) is 4.32. The second-order valence-corrected chi connectivity index (χ2v) is 2.44. The molecular formula is C7H13FO. The van der Waals surface area contributed by atoms with Gasteiger partial charge in [0, 0.05) is 0 Å². The highest BCUT2D eigenvalue weighted by molar-refractivity contribution is 4.91. The lowest BCUT2D eigenvalue weighted by molar-refractivity contribution is 0.297. The predicted molar refractivity (Wildman–Crippen MR) is 35.7 cm³/mol.